The first kappa shape index (κ1) is 18.9. The Balaban J connectivity index is 1.87. The van der Waals surface area contributed by atoms with Crippen LogP contribution in [0, 0.1) is 12.7 Å². The summed E-state index contributed by atoms with van der Waals surface area (Å²) in [5.41, 5.74) is 1.73. The summed E-state index contributed by atoms with van der Waals surface area (Å²) < 4.78 is 18.6. The molecule has 4 nitrogen and oxygen atoms in total. The van der Waals surface area contributed by atoms with Gasteiger partial charge in [-0.3, -0.25) is 9.59 Å². The minimum atomic E-state index is -0.966. The molecular formula is C19H19ClFNO3. The van der Waals surface area contributed by atoms with Crippen molar-refractivity contribution in [3.63, 3.8) is 0 Å². The summed E-state index contributed by atoms with van der Waals surface area (Å²) in [6, 6.07) is 11.4. The molecule has 0 aliphatic heterocycles. The maximum atomic E-state index is 13.5. The lowest BCUT2D eigenvalue weighted by atomic mass is 10.1. The lowest BCUT2D eigenvalue weighted by Crippen LogP contribution is -2.30. The summed E-state index contributed by atoms with van der Waals surface area (Å²) in [5.74, 6) is -1.38. The summed E-state index contributed by atoms with van der Waals surface area (Å²) in [5, 5.41) is 3.21. The van der Waals surface area contributed by atoms with E-state index < -0.39 is 18.0 Å². The van der Waals surface area contributed by atoms with E-state index in [1.165, 1.54) is 13.0 Å². The van der Waals surface area contributed by atoms with E-state index in [-0.39, 0.29) is 18.7 Å². The molecule has 2 rings (SSSR count). The van der Waals surface area contributed by atoms with Gasteiger partial charge in [0.1, 0.15) is 5.82 Å². The standard InChI is InChI=1S/C19H19ClFNO3/c1-12-15(20)7-5-9-17(12)22-19(24)13(2)25-18(23)11-10-14-6-3-4-8-16(14)21/h3-9,13H,10-11H2,1-2H3,(H,22,24)/t13-/m1/s1. The van der Waals surface area contributed by atoms with Crippen molar-refractivity contribution >= 4 is 29.2 Å². The zero-order valence-corrected chi connectivity index (χ0v) is 14.8. The first-order valence-corrected chi connectivity index (χ1v) is 8.25. The van der Waals surface area contributed by atoms with Crippen molar-refractivity contribution in [3.05, 3.63) is 64.4 Å². The number of carbonyl (C=O) groups is 2. The maximum absolute atomic E-state index is 13.5. The van der Waals surface area contributed by atoms with Gasteiger partial charge in [0.05, 0.1) is 0 Å². The van der Waals surface area contributed by atoms with Crippen LogP contribution in [0.15, 0.2) is 42.5 Å². The Morgan fingerprint density at radius 1 is 1.20 bits per heavy atom. The molecule has 1 N–H and O–H groups in total. The quantitative estimate of drug-likeness (QED) is 0.779. The number of nitrogens with one attached hydrogen (secondary N) is 1. The monoisotopic (exact) mass is 363 g/mol. The van der Waals surface area contributed by atoms with Gasteiger partial charge in [-0.25, -0.2) is 4.39 Å². The van der Waals surface area contributed by atoms with Crippen LogP contribution in [-0.4, -0.2) is 18.0 Å². The topological polar surface area (TPSA) is 55.4 Å². The highest BCUT2D eigenvalue weighted by Crippen LogP contribution is 2.23. The highest BCUT2D eigenvalue weighted by Gasteiger charge is 2.19. The molecule has 2 aromatic carbocycles. The molecule has 132 valence electrons. The molecular weight excluding hydrogens is 345 g/mol. The Labute approximate surface area is 150 Å². The molecule has 0 radical (unpaired) electrons. The maximum Gasteiger partial charge on any atom is 0.306 e. The molecule has 0 aromatic heterocycles. The molecule has 0 saturated heterocycles. The van der Waals surface area contributed by atoms with Crippen molar-refractivity contribution in [2.24, 2.45) is 0 Å². The highest BCUT2D eigenvalue weighted by molar-refractivity contribution is 6.31. The first-order valence-electron chi connectivity index (χ1n) is 7.87. The van der Waals surface area contributed by atoms with E-state index in [0.29, 0.717) is 16.3 Å². The van der Waals surface area contributed by atoms with E-state index in [9.17, 15) is 14.0 Å². The Hall–Kier alpha value is -2.40. The third kappa shape index (κ3) is 5.29. The zero-order valence-electron chi connectivity index (χ0n) is 14.0. The van der Waals surface area contributed by atoms with Crippen molar-refractivity contribution in [2.75, 3.05) is 5.32 Å². The number of ether oxygens (including phenoxy) is 1. The molecule has 0 aliphatic rings. The van der Waals surface area contributed by atoms with Crippen molar-refractivity contribution in [3.8, 4) is 0 Å². The zero-order chi connectivity index (χ0) is 18.4. The number of esters is 1. The second-order valence-electron chi connectivity index (χ2n) is 5.63. The molecule has 0 fully saturated rings. The van der Waals surface area contributed by atoms with Gasteiger partial charge >= 0.3 is 5.97 Å². The fourth-order valence-electron chi connectivity index (χ4n) is 2.22. The highest BCUT2D eigenvalue weighted by atomic mass is 35.5. The normalized spacial score (nSPS) is 11.7. The minimum Gasteiger partial charge on any atom is -0.453 e. The van der Waals surface area contributed by atoms with Gasteiger partial charge in [-0.15, -0.1) is 0 Å². The lowest BCUT2D eigenvalue weighted by molar-refractivity contribution is -0.153. The van der Waals surface area contributed by atoms with Crippen molar-refractivity contribution in [2.45, 2.75) is 32.8 Å². The first-order chi connectivity index (χ1) is 11.9. The predicted molar refractivity (Wildman–Crippen MR) is 95.1 cm³/mol. The van der Waals surface area contributed by atoms with Gasteiger partial charge in [0.2, 0.25) is 0 Å². The Kier molecular flexibility index (Phi) is 6.53. The van der Waals surface area contributed by atoms with E-state index in [4.69, 9.17) is 16.3 Å². The fraction of sp³-hybridized carbons (Fsp3) is 0.263. The van der Waals surface area contributed by atoms with Gasteiger partial charge in [0.15, 0.2) is 6.10 Å². The predicted octanol–water partition coefficient (Wildman–Crippen LogP) is 4.29. The number of benzene rings is 2. The van der Waals surface area contributed by atoms with Gasteiger partial charge in [0, 0.05) is 17.1 Å². The molecule has 0 spiro atoms. The van der Waals surface area contributed by atoms with Crippen LogP contribution in [0.25, 0.3) is 0 Å². The number of amides is 1. The van der Waals surface area contributed by atoms with Crippen LogP contribution in [0.3, 0.4) is 0 Å². The molecule has 1 amide bonds. The van der Waals surface area contributed by atoms with Gasteiger partial charge < -0.3 is 10.1 Å². The van der Waals surface area contributed by atoms with Crippen LogP contribution in [-0.2, 0) is 20.7 Å². The number of rotatable bonds is 6. The number of aryl methyl sites for hydroxylation is 1. The number of anilines is 1. The molecule has 0 aliphatic carbocycles. The van der Waals surface area contributed by atoms with Crippen molar-refractivity contribution < 1.29 is 18.7 Å². The largest absolute Gasteiger partial charge is 0.453 e. The third-order valence-corrected chi connectivity index (χ3v) is 4.17. The number of hydrogen-bond donors (Lipinski definition) is 1. The van der Waals surface area contributed by atoms with Crippen LogP contribution in [0.5, 0.6) is 0 Å². The molecule has 25 heavy (non-hydrogen) atoms. The molecule has 6 heteroatoms. The number of hydrogen-bond acceptors (Lipinski definition) is 3. The summed E-state index contributed by atoms with van der Waals surface area (Å²) >= 11 is 6.01. The summed E-state index contributed by atoms with van der Waals surface area (Å²) in [4.78, 5) is 24.0. The van der Waals surface area contributed by atoms with Crippen LogP contribution >= 0.6 is 11.6 Å². The van der Waals surface area contributed by atoms with Gasteiger partial charge in [-0.2, -0.15) is 0 Å². The molecule has 0 saturated carbocycles. The van der Waals surface area contributed by atoms with Crippen LogP contribution in [0.4, 0.5) is 10.1 Å². The minimum absolute atomic E-state index is 0.00521. The average Bonchev–Trinajstić information content (AvgIpc) is 2.58. The summed E-state index contributed by atoms with van der Waals surface area (Å²) in [6.07, 6.45) is -0.756. The molecule has 0 bridgehead atoms. The van der Waals surface area contributed by atoms with Crippen LogP contribution in [0.2, 0.25) is 5.02 Å². The van der Waals surface area contributed by atoms with Crippen molar-refractivity contribution in [1.29, 1.82) is 0 Å². The van der Waals surface area contributed by atoms with Gasteiger partial charge in [-0.1, -0.05) is 35.9 Å². The summed E-state index contributed by atoms with van der Waals surface area (Å²) in [7, 11) is 0. The number of halogens is 2. The molecule has 2 aromatic rings. The number of carbonyl (C=O) groups excluding carboxylic acids is 2. The second-order valence-corrected chi connectivity index (χ2v) is 6.03. The Bertz CT molecular complexity index is 779. The van der Waals surface area contributed by atoms with E-state index in [1.54, 1.807) is 43.3 Å². The van der Waals surface area contributed by atoms with E-state index in [2.05, 4.69) is 5.32 Å². The van der Waals surface area contributed by atoms with Crippen molar-refractivity contribution in [1.82, 2.24) is 0 Å². The van der Waals surface area contributed by atoms with E-state index >= 15 is 0 Å². The van der Waals surface area contributed by atoms with E-state index in [1.807, 2.05) is 0 Å². The Morgan fingerprint density at radius 2 is 1.92 bits per heavy atom. The second kappa shape index (κ2) is 8.62. The van der Waals surface area contributed by atoms with Gasteiger partial charge in [-0.05, 0) is 49.6 Å². The lowest BCUT2D eigenvalue weighted by Gasteiger charge is -2.15. The molecule has 0 unspecified atom stereocenters. The summed E-state index contributed by atoms with van der Waals surface area (Å²) in [6.45, 7) is 3.26. The fourth-order valence-corrected chi connectivity index (χ4v) is 2.40. The SMILES string of the molecule is Cc1c(Cl)cccc1NC(=O)[C@@H](C)OC(=O)CCc1ccccc1F. The van der Waals surface area contributed by atoms with E-state index in [0.717, 1.165) is 5.56 Å². The van der Waals surface area contributed by atoms with Crippen LogP contribution in [0.1, 0.15) is 24.5 Å². The third-order valence-electron chi connectivity index (χ3n) is 3.76. The molecule has 0 heterocycles. The smallest absolute Gasteiger partial charge is 0.306 e. The Morgan fingerprint density at radius 3 is 2.64 bits per heavy atom. The average molecular weight is 364 g/mol. The van der Waals surface area contributed by atoms with Crippen LogP contribution < -0.4 is 5.32 Å². The molecule has 1 atom stereocenters. The van der Waals surface area contributed by atoms with Gasteiger partial charge in [0.25, 0.3) is 5.91 Å².